The van der Waals surface area contributed by atoms with Crippen molar-refractivity contribution in [1.29, 1.82) is 0 Å². The molecule has 3 rings (SSSR count). The zero-order valence-electron chi connectivity index (χ0n) is 13.8. The predicted octanol–water partition coefficient (Wildman–Crippen LogP) is 4.66. The molecule has 3 aromatic rings. The van der Waals surface area contributed by atoms with Gasteiger partial charge in [0.25, 0.3) is 5.91 Å². The third-order valence-corrected chi connectivity index (χ3v) is 5.31. The second-order valence-corrected chi connectivity index (χ2v) is 8.32. The first kappa shape index (κ1) is 17.0. The molecule has 0 aliphatic heterocycles. The lowest BCUT2D eigenvalue weighted by molar-refractivity contribution is 0.0934. The molecule has 0 radical (unpaired) electrons. The van der Waals surface area contributed by atoms with Gasteiger partial charge in [0.15, 0.2) is 0 Å². The number of methoxy groups -OCH3 is 1. The Morgan fingerprint density at radius 3 is 2.79 bits per heavy atom. The van der Waals surface area contributed by atoms with Crippen LogP contribution in [0.25, 0.3) is 10.2 Å². The Labute approximate surface area is 153 Å². The normalized spacial score (nSPS) is 11.2. The van der Waals surface area contributed by atoms with Crippen LogP contribution in [0.15, 0.2) is 40.2 Å². The minimum atomic E-state index is -0.0561. The van der Waals surface area contributed by atoms with E-state index in [0.717, 1.165) is 25.3 Å². The number of nitrogens with one attached hydrogen (secondary N) is 1. The Morgan fingerprint density at radius 1 is 1.33 bits per heavy atom. The van der Waals surface area contributed by atoms with Crippen LogP contribution >= 0.6 is 27.3 Å². The van der Waals surface area contributed by atoms with Crippen LogP contribution in [0.3, 0.4) is 0 Å². The second kappa shape index (κ2) is 6.99. The zero-order valence-corrected chi connectivity index (χ0v) is 16.2. The summed E-state index contributed by atoms with van der Waals surface area (Å²) < 4.78 is 9.64. The van der Waals surface area contributed by atoms with Gasteiger partial charge in [-0.1, -0.05) is 18.2 Å². The maximum absolute atomic E-state index is 12.6. The highest BCUT2D eigenvalue weighted by molar-refractivity contribution is 9.11. The average Bonchev–Trinajstić information content (AvgIpc) is 3.04. The van der Waals surface area contributed by atoms with E-state index in [9.17, 15) is 4.79 Å². The van der Waals surface area contributed by atoms with Gasteiger partial charge in [-0.25, -0.2) is 0 Å². The maximum Gasteiger partial charge on any atom is 0.268 e. The third kappa shape index (κ3) is 3.35. The minimum absolute atomic E-state index is 0.0561. The second-order valence-electron chi connectivity index (χ2n) is 5.86. The lowest BCUT2D eigenvalue weighted by atomic mass is 10.2. The van der Waals surface area contributed by atoms with Crippen LogP contribution in [-0.4, -0.2) is 23.6 Å². The molecular formula is C18H19BrN2O2S. The van der Waals surface area contributed by atoms with Gasteiger partial charge in [-0.15, -0.1) is 11.3 Å². The molecule has 0 aliphatic rings. The summed E-state index contributed by atoms with van der Waals surface area (Å²) in [6.07, 6.45) is 0. The first-order valence-electron chi connectivity index (χ1n) is 7.71. The fraction of sp³-hybridized carbons (Fsp3) is 0.278. The van der Waals surface area contributed by atoms with Gasteiger partial charge in [0.2, 0.25) is 0 Å². The van der Waals surface area contributed by atoms with Gasteiger partial charge in [-0.05, 0) is 48.0 Å². The molecule has 0 saturated carbocycles. The Balaban J connectivity index is 2.08. The van der Waals surface area contributed by atoms with Crippen LogP contribution < -0.4 is 10.1 Å². The number of hydrogen-bond acceptors (Lipinski definition) is 3. The topological polar surface area (TPSA) is 43.3 Å². The molecule has 0 aliphatic carbocycles. The number of aromatic nitrogens is 1. The summed E-state index contributed by atoms with van der Waals surface area (Å²) in [6.45, 7) is 4.51. The largest absolute Gasteiger partial charge is 0.496 e. The highest BCUT2D eigenvalue weighted by Gasteiger charge is 2.19. The number of nitrogens with zero attached hydrogens (tertiary/aromatic N) is 1. The molecule has 2 aromatic heterocycles. The summed E-state index contributed by atoms with van der Waals surface area (Å²) in [5, 5.41) is 2.98. The van der Waals surface area contributed by atoms with E-state index in [-0.39, 0.29) is 11.9 Å². The molecule has 0 bridgehead atoms. The number of hydrogen-bond donors (Lipinski definition) is 1. The number of fused-ring (bicyclic) bond motifs is 1. The molecule has 6 heteroatoms. The van der Waals surface area contributed by atoms with E-state index in [4.69, 9.17) is 4.74 Å². The van der Waals surface area contributed by atoms with Crippen molar-refractivity contribution in [1.82, 2.24) is 9.88 Å². The Hall–Kier alpha value is -1.79. The molecule has 0 fully saturated rings. The number of carbonyl (C=O) groups is 1. The van der Waals surface area contributed by atoms with Crippen LogP contribution in [0.5, 0.6) is 5.75 Å². The lowest BCUT2D eigenvalue weighted by Gasteiger charge is -2.14. The molecule has 126 valence electrons. The quantitative estimate of drug-likeness (QED) is 0.669. The highest BCUT2D eigenvalue weighted by atomic mass is 79.9. The summed E-state index contributed by atoms with van der Waals surface area (Å²) in [5.41, 5.74) is 2.76. The van der Waals surface area contributed by atoms with E-state index >= 15 is 0 Å². The fourth-order valence-electron chi connectivity index (χ4n) is 2.71. The van der Waals surface area contributed by atoms with Gasteiger partial charge >= 0.3 is 0 Å². The molecule has 24 heavy (non-hydrogen) atoms. The van der Waals surface area contributed by atoms with Crippen molar-refractivity contribution in [2.75, 3.05) is 7.11 Å². The van der Waals surface area contributed by atoms with Gasteiger partial charge in [-0.3, -0.25) is 4.79 Å². The average molecular weight is 407 g/mol. The van der Waals surface area contributed by atoms with Gasteiger partial charge in [0.05, 0.1) is 27.7 Å². The number of amides is 1. The molecule has 1 amide bonds. The molecule has 0 saturated heterocycles. The van der Waals surface area contributed by atoms with Crippen molar-refractivity contribution in [3.05, 3.63) is 51.4 Å². The molecule has 2 heterocycles. The van der Waals surface area contributed by atoms with Crippen molar-refractivity contribution in [3.63, 3.8) is 0 Å². The van der Waals surface area contributed by atoms with Crippen molar-refractivity contribution in [3.8, 4) is 5.75 Å². The van der Waals surface area contributed by atoms with E-state index in [2.05, 4.69) is 27.3 Å². The molecule has 0 atom stereocenters. The van der Waals surface area contributed by atoms with E-state index in [0.29, 0.717) is 12.2 Å². The van der Waals surface area contributed by atoms with Crippen LogP contribution in [0.2, 0.25) is 0 Å². The predicted molar refractivity (Wildman–Crippen MR) is 102 cm³/mol. The Kier molecular flexibility index (Phi) is 4.96. The van der Waals surface area contributed by atoms with Gasteiger partial charge in [0.1, 0.15) is 11.4 Å². The molecule has 1 aromatic carbocycles. The monoisotopic (exact) mass is 406 g/mol. The van der Waals surface area contributed by atoms with E-state index in [1.807, 2.05) is 48.7 Å². The smallest absolute Gasteiger partial charge is 0.268 e. The minimum Gasteiger partial charge on any atom is -0.496 e. The summed E-state index contributed by atoms with van der Waals surface area (Å²) >= 11 is 5.16. The number of halogens is 1. The number of benzene rings is 1. The third-order valence-electron chi connectivity index (χ3n) is 3.73. The number of thiophene rings is 1. The van der Waals surface area contributed by atoms with Crippen molar-refractivity contribution >= 4 is 43.4 Å². The number of ether oxygens (including phenoxy) is 1. The van der Waals surface area contributed by atoms with E-state index in [1.165, 1.54) is 0 Å². The summed E-state index contributed by atoms with van der Waals surface area (Å²) in [6, 6.07) is 12.0. The van der Waals surface area contributed by atoms with Gasteiger partial charge in [0, 0.05) is 11.6 Å². The Morgan fingerprint density at radius 2 is 2.08 bits per heavy atom. The first-order valence-corrected chi connectivity index (χ1v) is 9.32. The van der Waals surface area contributed by atoms with Crippen LogP contribution in [0.4, 0.5) is 0 Å². The van der Waals surface area contributed by atoms with E-state index in [1.54, 1.807) is 18.4 Å². The first-order chi connectivity index (χ1) is 11.5. The Bertz CT molecular complexity index is 882. The van der Waals surface area contributed by atoms with Crippen LogP contribution in [0.1, 0.15) is 29.9 Å². The molecule has 0 unspecified atom stereocenters. The summed E-state index contributed by atoms with van der Waals surface area (Å²) in [4.78, 5) is 12.6. The summed E-state index contributed by atoms with van der Waals surface area (Å²) in [7, 11) is 1.66. The molecule has 1 N–H and O–H groups in total. The van der Waals surface area contributed by atoms with Crippen molar-refractivity contribution in [2.24, 2.45) is 0 Å². The standard InChI is InChI=1S/C18H19BrN2O2S/c1-11(2)20-18(22)14-8-16-13(9-17(19)24-16)21(14)10-12-6-4-5-7-15(12)23-3/h4-9,11H,10H2,1-3H3,(H,20,22). The molecular weight excluding hydrogens is 388 g/mol. The van der Waals surface area contributed by atoms with Crippen molar-refractivity contribution in [2.45, 2.75) is 26.4 Å². The number of para-hydroxylation sites is 1. The summed E-state index contributed by atoms with van der Waals surface area (Å²) in [5.74, 6) is 0.767. The van der Waals surface area contributed by atoms with Crippen molar-refractivity contribution < 1.29 is 9.53 Å². The highest BCUT2D eigenvalue weighted by Crippen LogP contribution is 2.33. The zero-order chi connectivity index (χ0) is 17.3. The van der Waals surface area contributed by atoms with Crippen LogP contribution in [0, 0.1) is 0 Å². The molecule has 4 nitrogen and oxygen atoms in total. The number of carbonyl (C=O) groups excluding carboxylic acids is 1. The van der Waals surface area contributed by atoms with Crippen LogP contribution in [-0.2, 0) is 6.54 Å². The SMILES string of the molecule is COc1ccccc1Cn1c(C(=O)NC(C)C)cc2sc(Br)cc21. The van der Waals surface area contributed by atoms with Gasteiger partial charge < -0.3 is 14.6 Å². The van der Waals surface area contributed by atoms with Gasteiger partial charge in [-0.2, -0.15) is 0 Å². The lowest BCUT2D eigenvalue weighted by Crippen LogP contribution is -2.31. The maximum atomic E-state index is 12.6. The van der Waals surface area contributed by atoms with E-state index < -0.39 is 0 Å². The molecule has 0 spiro atoms. The number of rotatable bonds is 5. The fourth-order valence-corrected chi connectivity index (χ4v) is 4.28.